The summed E-state index contributed by atoms with van der Waals surface area (Å²) in [6.07, 6.45) is 0.532. The molecule has 0 saturated carbocycles. The van der Waals surface area contributed by atoms with Crippen molar-refractivity contribution in [1.29, 1.82) is 0 Å². The molecule has 31 heavy (non-hydrogen) atoms. The number of anilines is 1. The van der Waals surface area contributed by atoms with E-state index in [0.717, 1.165) is 28.0 Å². The number of methoxy groups -OCH3 is 1. The summed E-state index contributed by atoms with van der Waals surface area (Å²) in [5.74, 6) is 0.389. The van der Waals surface area contributed by atoms with E-state index in [0.29, 0.717) is 17.1 Å². The third-order valence-electron chi connectivity index (χ3n) is 4.62. The summed E-state index contributed by atoms with van der Waals surface area (Å²) < 4.78 is 18.5. The Labute approximate surface area is 183 Å². The van der Waals surface area contributed by atoms with E-state index in [2.05, 4.69) is 5.32 Å². The molecule has 1 heterocycles. The Bertz CT molecular complexity index is 1220. The highest BCUT2D eigenvalue weighted by atomic mass is 32.2. The van der Waals surface area contributed by atoms with Crippen molar-refractivity contribution < 1.29 is 13.9 Å². The van der Waals surface area contributed by atoms with Crippen LogP contribution in [0.15, 0.2) is 77.8 Å². The van der Waals surface area contributed by atoms with Gasteiger partial charge >= 0.3 is 0 Å². The van der Waals surface area contributed by atoms with Gasteiger partial charge in [-0.3, -0.25) is 4.79 Å². The van der Waals surface area contributed by atoms with Crippen LogP contribution in [0.1, 0.15) is 11.3 Å². The van der Waals surface area contributed by atoms with Crippen molar-refractivity contribution in [3.63, 3.8) is 0 Å². The topological polar surface area (TPSA) is 64.1 Å². The van der Waals surface area contributed by atoms with Crippen LogP contribution in [-0.2, 0) is 11.2 Å². The van der Waals surface area contributed by atoms with E-state index in [1.807, 2.05) is 48.5 Å². The maximum absolute atomic E-state index is 13.1. The van der Waals surface area contributed by atoms with Crippen molar-refractivity contribution in [1.82, 2.24) is 9.97 Å². The number of nitrogens with one attached hydrogen (secondary N) is 1. The van der Waals surface area contributed by atoms with Gasteiger partial charge in [0, 0.05) is 17.7 Å². The smallest absolute Gasteiger partial charge is 0.234 e. The number of halogens is 1. The molecule has 0 saturated heterocycles. The molecule has 5 nitrogen and oxygen atoms in total. The summed E-state index contributed by atoms with van der Waals surface area (Å²) in [6, 6.07) is 21.1. The van der Waals surface area contributed by atoms with Crippen molar-refractivity contribution in [2.45, 2.75) is 11.4 Å². The number of ether oxygens (including phenoxy) is 1. The van der Waals surface area contributed by atoms with Crippen LogP contribution in [0, 0.1) is 5.82 Å². The predicted molar refractivity (Wildman–Crippen MR) is 121 cm³/mol. The third-order valence-corrected chi connectivity index (χ3v) is 5.63. The molecule has 4 aromatic rings. The number of amides is 1. The van der Waals surface area contributed by atoms with Crippen molar-refractivity contribution >= 4 is 34.4 Å². The molecule has 0 aliphatic rings. The lowest BCUT2D eigenvalue weighted by molar-refractivity contribution is -0.113. The maximum Gasteiger partial charge on any atom is 0.234 e. The monoisotopic (exact) mass is 433 g/mol. The number of fused-ring (bicyclic) bond motifs is 1. The molecule has 1 N–H and O–H groups in total. The molecule has 0 spiro atoms. The van der Waals surface area contributed by atoms with Gasteiger partial charge in [-0.1, -0.05) is 42.1 Å². The second-order valence-corrected chi connectivity index (χ2v) is 7.76. The van der Waals surface area contributed by atoms with E-state index in [4.69, 9.17) is 14.7 Å². The van der Waals surface area contributed by atoms with Crippen LogP contribution in [0.2, 0.25) is 0 Å². The predicted octanol–water partition coefficient (Wildman–Crippen LogP) is 5.10. The summed E-state index contributed by atoms with van der Waals surface area (Å²) >= 11 is 1.32. The number of nitrogens with zero attached hydrogens (tertiary/aromatic N) is 2. The molecule has 0 aliphatic carbocycles. The van der Waals surface area contributed by atoms with E-state index in [1.165, 1.54) is 36.0 Å². The first-order valence-electron chi connectivity index (χ1n) is 9.68. The molecule has 0 aliphatic heterocycles. The highest BCUT2D eigenvalue weighted by Crippen LogP contribution is 2.27. The largest absolute Gasteiger partial charge is 0.496 e. The number of benzene rings is 3. The highest BCUT2D eigenvalue weighted by molar-refractivity contribution is 8.00. The fourth-order valence-corrected chi connectivity index (χ4v) is 3.93. The molecule has 0 atom stereocenters. The lowest BCUT2D eigenvalue weighted by Crippen LogP contribution is -2.14. The standard InChI is InChI=1S/C24H20FN3O2S/c1-30-22-9-5-2-6-16(22)14-21-24(28-20-8-4-3-7-19(20)27-21)31-15-23(29)26-18-12-10-17(25)11-13-18/h2-13H,14-15H2,1H3,(H,26,29). The van der Waals surface area contributed by atoms with Gasteiger partial charge < -0.3 is 10.1 Å². The number of para-hydroxylation sites is 3. The molecule has 0 bridgehead atoms. The highest BCUT2D eigenvalue weighted by Gasteiger charge is 2.14. The lowest BCUT2D eigenvalue weighted by atomic mass is 10.1. The summed E-state index contributed by atoms with van der Waals surface area (Å²) in [5.41, 5.74) is 3.89. The molecule has 0 fully saturated rings. The molecule has 0 radical (unpaired) electrons. The van der Waals surface area contributed by atoms with Gasteiger partial charge in [-0.15, -0.1) is 0 Å². The fraction of sp³-hybridized carbons (Fsp3) is 0.125. The summed E-state index contributed by atoms with van der Waals surface area (Å²) in [4.78, 5) is 22.0. The van der Waals surface area contributed by atoms with E-state index < -0.39 is 0 Å². The average Bonchev–Trinajstić information content (AvgIpc) is 2.79. The molecule has 0 unspecified atom stereocenters. The van der Waals surface area contributed by atoms with Crippen LogP contribution in [0.3, 0.4) is 0 Å². The van der Waals surface area contributed by atoms with Gasteiger partial charge in [0.25, 0.3) is 0 Å². The van der Waals surface area contributed by atoms with Crippen LogP contribution in [0.25, 0.3) is 11.0 Å². The zero-order valence-corrected chi connectivity index (χ0v) is 17.7. The number of carbonyl (C=O) groups excluding carboxylic acids is 1. The van der Waals surface area contributed by atoms with E-state index in [9.17, 15) is 9.18 Å². The number of hydrogen-bond acceptors (Lipinski definition) is 5. The summed E-state index contributed by atoms with van der Waals surface area (Å²) in [6.45, 7) is 0. The van der Waals surface area contributed by atoms with Gasteiger partial charge in [0.15, 0.2) is 0 Å². The summed E-state index contributed by atoms with van der Waals surface area (Å²) in [7, 11) is 1.64. The van der Waals surface area contributed by atoms with Gasteiger partial charge in [0.05, 0.1) is 29.6 Å². The van der Waals surface area contributed by atoms with Gasteiger partial charge in [-0.05, 0) is 42.5 Å². The van der Waals surface area contributed by atoms with Crippen molar-refractivity contribution in [3.8, 4) is 5.75 Å². The third kappa shape index (κ3) is 5.19. The zero-order chi connectivity index (χ0) is 21.6. The van der Waals surface area contributed by atoms with E-state index in [1.54, 1.807) is 7.11 Å². The molecule has 7 heteroatoms. The summed E-state index contributed by atoms with van der Waals surface area (Å²) in [5, 5.41) is 3.46. The van der Waals surface area contributed by atoms with Crippen molar-refractivity contribution in [3.05, 3.63) is 89.9 Å². The van der Waals surface area contributed by atoms with Gasteiger partial charge in [-0.2, -0.15) is 0 Å². The number of carbonyl (C=O) groups is 1. The number of thioether (sulfide) groups is 1. The molecule has 1 amide bonds. The molecular weight excluding hydrogens is 413 g/mol. The molecule has 3 aromatic carbocycles. The van der Waals surface area contributed by atoms with E-state index >= 15 is 0 Å². The van der Waals surface area contributed by atoms with Crippen LogP contribution < -0.4 is 10.1 Å². The van der Waals surface area contributed by atoms with E-state index in [-0.39, 0.29) is 17.5 Å². The first kappa shape index (κ1) is 20.8. The minimum atomic E-state index is -0.347. The average molecular weight is 434 g/mol. The normalized spacial score (nSPS) is 10.8. The molecule has 156 valence electrons. The minimum absolute atomic E-state index is 0.156. The first-order chi connectivity index (χ1) is 15.1. The maximum atomic E-state index is 13.1. The number of rotatable bonds is 7. The Morgan fingerprint density at radius 2 is 1.65 bits per heavy atom. The number of aromatic nitrogens is 2. The Hall–Kier alpha value is -3.45. The Morgan fingerprint density at radius 1 is 0.968 bits per heavy atom. The Kier molecular flexibility index (Phi) is 6.43. The van der Waals surface area contributed by atoms with Crippen LogP contribution >= 0.6 is 11.8 Å². The number of hydrogen-bond donors (Lipinski definition) is 1. The van der Waals surface area contributed by atoms with Crippen molar-refractivity contribution in [2.24, 2.45) is 0 Å². The SMILES string of the molecule is COc1ccccc1Cc1nc2ccccc2nc1SCC(=O)Nc1ccc(F)cc1. The quantitative estimate of drug-likeness (QED) is 0.411. The first-order valence-corrected chi connectivity index (χ1v) is 10.7. The second-order valence-electron chi connectivity index (χ2n) is 6.80. The molecule has 4 rings (SSSR count). The van der Waals surface area contributed by atoms with Gasteiger partial charge in [0.2, 0.25) is 5.91 Å². The fourth-order valence-electron chi connectivity index (χ4n) is 3.14. The van der Waals surface area contributed by atoms with Crippen LogP contribution in [0.4, 0.5) is 10.1 Å². The minimum Gasteiger partial charge on any atom is -0.496 e. The lowest BCUT2D eigenvalue weighted by Gasteiger charge is -2.12. The Morgan fingerprint density at radius 3 is 2.39 bits per heavy atom. The molecular formula is C24H20FN3O2S. The van der Waals surface area contributed by atoms with Crippen LogP contribution in [0.5, 0.6) is 5.75 Å². The molecule has 1 aromatic heterocycles. The Balaban J connectivity index is 1.57. The van der Waals surface area contributed by atoms with Gasteiger partial charge in [-0.25, -0.2) is 14.4 Å². The zero-order valence-electron chi connectivity index (χ0n) is 16.8. The second kappa shape index (κ2) is 9.57. The van der Waals surface area contributed by atoms with Crippen LogP contribution in [-0.4, -0.2) is 28.7 Å². The van der Waals surface area contributed by atoms with Gasteiger partial charge in [0.1, 0.15) is 16.6 Å². The van der Waals surface area contributed by atoms with Crippen molar-refractivity contribution in [2.75, 3.05) is 18.2 Å².